The number of ether oxygens (including phenoxy) is 1. The van der Waals surface area contributed by atoms with Gasteiger partial charge in [-0.15, -0.1) is 11.3 Å². The molecule has 1 N–H and O–H groups in total. The summed E-state index contributed by atoms with van der Waals surface area (Å²) in [5.74, 6) is 4.69. The van der Waals surface area contributed by atoms with Gasteiger partial charge < -0.3 is 14.7 Å². The van der Waals surface area contributed by atoms with Gasteiger partial charge in [0.25, 0.3) is 5.91 Å². The lowest BCUT2D eigenvalue weighted by molar-refractivity contribution is -0.137. The summed E-state index contributed by atoms with van der Waals surface area (Å²) < 4.78 is 7.29. The molecular weight excluding hydrogens is 392 g/mol. The van der Waals surface area contributed by atoms with Crippen molar-refractivity contribution in [2.45, 2.75) is 18.9 Å². The fraction of sp³-hybridized carbons (Fsp3) is 0.300. The number of nitrogens with zero attached hydrogens (tertiary/aromatic N) is 4. The number of thiazole rings is 1. The Morgan fingerprint density at radius 3 is 3.00 bits per heavy atom. The third-order valence-corrected chi connectivity index (χ3v) is 5.47. The maximum atomic E-state index is 12.2. The van der Waals surface area contributed by atoms with Crippen LogP contribution >= 0.6 is 11.3 Å². The van der Waals surface area contributed by atoms with Crippen LogP contribution in [0.2, 0.25) is 0 Å². The normalized spacial score (nSPS) is 18.7. The molecule has 1 fully saturated rings. The molecule has 0 spiro atoms. The predicted molar refractivity (Wildman–Crippen MR) is 107 cm³/mol. The highest BCUT2D eigenvalue weighted by Crippen LogP contribution is 2.26. The van der Waals surface area contributed by atoms with Crippen molar-refractivity contribution in [3.8, 4) is 17.5 Å². The van der Waals surface area contributed by atoms with Gasteiger partial charge in [-0.3, -0.25) is 4.79 Å². The molecule has 1 atom stereocenters. The van der Waals surface area contributed by atoms with Gasteiger partial charge in [-0.25, -0.2) is 14.5 Å². The largest absolute Gasteiger partial charge is 0.461 e. The van der Waals surface area contributed by atoms with E-state index in [-0.39, 0.29) is 18.7 Å². The number of likely N-dealkylation sites (N-methyl/N-ethyl adjacent to an activating group) is 1. The number of carbonyl (C=O) groups is 2. The zero-order valence-electron chi connectivity index (χ0n) is 15.9. The van der Waals surface area contributed by atoms with Crippen LogP contribution in [-0.4, -0.2) is 62.4 Å². The number of aromatic nitrogens is 3. The van der Waals surface area contributed by atoms with E-state index in [0.717, 1.165) is 0 Å². The number of aliphatic hydroxyl groups is 1. The Balaban J connectivity index is 1.71. The van der Waals surface area contributed by atoms with Crippen molar-refractivity contribution >= 4 is 33.6 Å². The number of hydrogen-bond donors (Lipinski definition) is 1. The smallest absolute Gasteiger partial charge is 0.360 e. The van der Waals surface area contributed by atoms with Gasteiger partial charge in [-0.1, -0.05) is 17.9 Å². The summed E-state index contributed by atoms with van der Waals surface area (Å²) in [4.78, 5) is 30.1. The van der Waals surface area contributed by atoms with Gasteiger partial charge in [0, 0.05) is 25.6 Å². The molecule has 29 heavy (non-hydrogen) atoms. The summed E-state index contributed by atoms with van der Waals surface area (Å²) >= 11 is 1.32. The Morgan fingerprint density at radius 1 is 1.45 bits per heavy atom. The van der Waals surface area contributed by atoms with Crippen molar-refractivity contribution < 1.29 is 19.4 Å². The van der Waals surface area contributed by atoms with E-state index < -0.39 is 17.5 Å². The van der Waals surface area contributed by atoms with Gasteiger partial charge >= 0.3 is 5.97 Å². The van der Waals surface area contributed by atoms with Crippen LogP contribution in [0.1, 0.15) is 29.4 Å². The first-order valence-corrected chi connectivity index (χ1v) is 9.92. The highest BCUT2D eigenvalue weighted by Gasteiger charge is 2.42. The summed E-state index contributed by atoms with van der Waals surface area (Å²) in [7, 11) is 1.64. The SMILES string of the molecule is CCOC(=O)c1nn(-c2cccc(C#C[C@]3(O)CCN(C)C3=O)c2)c2ncsc12. The molecule has 4 rings (SSSR count). The van der Waals surface area contributed by atoms with Crippen LogP contribution in [0.15, 0.2) is 29.8 Å². The van der Waals surface area contributed by atoms with E-state index in [2.05, 4.69) is 21.9 Å². The lowest BCUT2D eigenvalue weighted by atomic mass is 10.0. The van der Waals surface area contributed by atoms with Gasteiger partial charge in [0.2, 0.25) is 5.60 Å². The monoisotopic (exact) mass is 410 g/mol. The average molecular weight is 410 g/mol. The molecule has 2 aromatic heterocycles. The molecule has 0 radical (unpaired) electrons. The van der Waals surface area contributed by atoms with Crippen LogP contribution in [0.5, 0.6) is 0 Å². The van der Waals surface area contributed by atoms with E-state index in [0.29, 0.717) is 28.1 Å². The van der Waals surface area contributed by atoms with Crippen LogP contribution in [0.3, 0.4) is 0 Å². The second-order valence-electron chi connectivity index (χ2n) is 6.62. The fourth-order valence-electron chi connectivity index (χ4n) is 3.12. The Bertz CT molecular complexity index is 1170. The molecule has 0 saturated carbocycles. The number of carbonyl (C=O) groups excluding carboxylic acids is 2. The molecule has 8 nitrogen and oxygen atoms in total. The van der Waals surface area contributed by atoms with E-state index in [1.165, 1.54) is 16.2 Å². The molecule has 1 aliphatic rings. The van der Waals surface area contributed by atoms with Crippen molar-refractivity contribution in [1.82, 2.24) is 19.7 Å². The Kier molecular flexibility index (Phi) is 4.82. The molecule has 1 saturated heterocycles. The molecule has 0 aliphatic carbocycles. The molecular formula is C20H18N4O4S. The van der Waals surface area contributed by atoms with Gasteiger partial charge in [0.05, 0.1) is 17.8 Å². The van der Waals surface area contributed by atoms with Crippen molar-refractivity contribution in [1.29, 1.82) is 0 Å². The number of likely N-dealkylation sites (tertiary alicyclic amines) is 1. The van der Waals surface area contributed by atoms with Crippen molar-refractivity contribution in [2.24, 2.45) is 0 Å². The standard InChI is InChI=1S/C20H18N4O4S/c1-3-28-18(25)15-16-17(21-12-29-16)24(22-15)14-6-4-5-13(11-14)7-8-20(27)9-10-23(2)19(20)26/h4-6,11-12,27H,3,9-10H2,1-2H3/t20-/m0/s1. The second kappa shape index (κ2) is 7.31. The van der Waals surface area contributed by atoms with Crippen LogP contribution in [0.4, 0.5) is 0 Å². The molecule has 0 bridgehead atoms. The van der Waals surface area contributed by atoms with E-state index in [1.54, 1.807) is 42.4 Å². The first-order chi connectivity index (χ1) is 13.9. The van der Waals surface area contributed by atoms with E-state index in [4.69, 9.17) is 4.74 Å². The van der Waals surface area contributed by atoms with Gasteiger partial charge in [0.15, 0.2) is 11.3 Å². The maximum Gasteiger partial charge on any atom is 0.360 e. The zero-order valence-corrected chi connectivity index (χ0v) is 16.7. The van der Waals surface area contributed by atoms with Crippen LogP contribution in [0.25, 0.3) is 16.0 Å². The Morgan fingerprint density at radius 2 is 2.28 bits per heavy atom. The van der Waals surface area contributed by atoms with Gasteiger partial charge in [0.1, 0.15) is 4.70 Å². The van der Waals surface area contributed by atoms with E-state index in [1.807, 2.05) is 6.07 Å². The number of esters is 1. The number of amides is 1. The molecule has 9 heteroatoms. The molecule has 1 aliphatic heterocycles. The quantitative estimate of drug-likeness (QED) is 0.520. The first-order valence-electron chi connectivity index (χ1n) is 9.04. The first kappa shape index (κ1) is 19.1. The number of hydrogen-bond acceptors (Lipinski definition) is 7. The molecule has 0 unspecified atom stereocenters. The average Bonchev–Trinajstić information content (AvgIpc) is 3.39. The second-order valence-corrected chi connectivity index (χ2v) is 7.48. The topological polar surface area (TPSA) is 97.5 Å². The Labute approximate surface area is 170 Å². The minimum atomic E-state index is -1.66. The van der Waals surface area contributed by atoms with Crippen LogP contribution < -0.4 is 0 Å². The molecule has 148 valence electrons. The van der Waals surface area contributed by atoms with Crippen molar-refractivity contribution in [3.05, 3.63) is 41.0 Å². The number of rotatable bonds is 3. The lowest BCUT2D eigenvalue weighted by Crippen LogP contribution is -2.37. The summed E-state index contributed by atoms with van der Waals surface area (Å²) in [6.07, 6.45) is 0.274. The maximum absolute atomic E-state index is 12.2. The number of fused-ring (bicyclic) bond motifs is 1. The lowest BCUT2D eigenvalue weighted by Gasteiger charge is -2.13. The summed E-state index contributed by atoms with van der Waals surface area (Å²) in [5.41, 5.74) is 2.02. The van der Waals surface area contributed by atoms with E-state index in [9.17, 15) is 14.7 Å². The fourth-order valence-corrected chi connectivity index (χ4v) is 3.86. The predicted octanol–water partition coefficient (Wildman–Crippen LogP) is 1.60. The van der Waals surface area contributed by atoms with Gasteiger partial charge in [-0.2, -0.15) is 5.10 Å². The third-order valence-electron chi connectivity index (χ3n) is 4.65. The summed E-state index contributed by atoms with van der Waals surface area (Å²) in [6, 6.07) is 7.14. The number of benzene rings is 1. The zero-order chi connectivity index (χ0) is 20.6. The highest BCUT2D eigenvalue weighted by molar-refractivity contribution is 7.17. The summed E-state index contributed by atoms with van der Waals surface area (Å²) in [6.45, 7) is 2.46. The van der Waals surface area contributed by atoms with Crippen LogP contribution in [0, 0.1) is 11.8 Å². The third kappa shape index (κ3) is 3.37. The molecule has 3 heterocycles. The minimum Gasteiger partial charge on any atom is -0.461 e. The molecule has 1 aromatic carbocycles. The highest BCUT2D eigenvalue weighted by atomic mass is 32.1. The Hall–Kier alpha value is -3.22. The molecule has 3 aromatic rings. The molecule has 1 amide bonds. The van der Waals surface area contributed by atoms with Gasteiger partial charge in [-0.05, 0) is 25.1 Å². The van der Waals surface area contributed by atoms with Crippen LogP contribution in [-0.2, 0) is 9.53 Å². The van der Waals surface area contributed by atoms with Crippen molar-refractivity contribution in [2.75, 3.05) is 20.2 Å². The van der Waals surface area contributed by atoms with E-state index >= 15 is 0 Å². The van der Waals surface area contributed by atoms with Crippen molar-refractivity contribution in [3.63, 3.8) is 0 Å². The minimum absolute atomic E-state index is 0.217. The summed E-state index contributed by atoms with van der Waals surface area (Å²) in [5, 5.41) is 14.8.